The van der Waals surface area contributed by atoms with Gasteiger partial charge in [0.15, 0.2) is 0 Å². The van der Waals surface area contributed by atoms with Crippen molar-refractivity contribution >= 4 is 6.09 Å². The van der Waals surface area contributed by atoms with Gasteiger partial charge in [-0.2, -0.15) is 0 Å². The fraction of sp³-hybridized carbons (Fsp3) is 0.857. The van der Waals surface area contributed by atoms with E-state index >= 15 is 0 Å². The van der Waals surface area contributed by atoms with Crippen molar-refractivity contribution < 1.29 is 14.3 Å². The molecule has 0 saturated heterocycles. The molecule has 12 heavy (non-hydrogen) atoms. The van der Waals surface area contributed by atoms with Gasteiger partial charge in [-0.1, -0.05) is 0 Å². The summed E-state index contributed by atoms with van der Waals surface area (Å²) in [5.74, 6) is 0. The lowest BCUT2D eigenvalue weighted by atomic mass is 10.2. The Kier molecular flexibility index (Phi) is 4.61. The quantitative estimate of drug-likeness (QED) is 0.482. The molecule has 0 aliphatic carbocycles. The number of hydrogen-bond donors (Lipinski definition) is 2. The maximum absolute atomic E-state index is 10.9. The number of carbonyl (C=O) groups excluding carboxylic acids is 1. The molecular weight excluding hydrogens is 160 g/mol. The second-order valence-corrected chi connectivity index (χ2v) is 3.19. The minimum Gasteiger partial charge on any atom is -0.444 e. The van der Waals surface area contributed by atoms with Gasteiger partial charge in [-0.3, -0.25) is 5.32 Å². The van der Waals surface area contributed by atoms with Gasteiger partial charge in [0.1, 0.15) is 12.3 Å². The van der Waals surface area contributed by atoms with Crippen LogP contribution in [0.5, 0.6) is 0 Å². The van der Waals surface area contributed by atoms with Crippen molar-refractivity contribution in [1.82, 2.24) is 5.32 Å². The van der Waals surface area contributed by atoms with Crippen molar-refractivity contribution in [3.05, 3.63) is 0 Å². The van der Waals surface area contributed by atoms with Gasteiger partial charge in [0.2, 0.25) is 0 Å². The summed E-state index contributed by atoms with van der Waals surface area (Å²) >= 11 is 0. The molecule has 1 amide bonds. The van der Waals surface area contributed by atoms with Crippen LogP contribution in [0, 0.1) is 0 Å². The number of carbonyl (C=O) groups is 1. The number of rotatable bonds is 3. The number of nitrogens with two attached hydrogens (primary N) is 1. The summed E-state index contributed by atoms with van der Waals surface area (Å²) in [5.41, 5.74) is 4.55. The van der Waals surface area contributed by atoms with Crippen LogP contribution in [0.4, 0.5) is 4.79 Å². The SMILES string of the molecule is CC(C)(C)OC(=O)NCOCN. The molecule has 0 atom stereocenters. The van der Waals surface area contributed by atoms with Gasteiger partial charge in [-0.05, 0) is 20.8 Å². The Balaban J connectivity index is 3.47. The van der Waals surface area contributed by atoms with Crippen molar-refractivity contribution in [2.45, 2.75) is 26.4 Å². The number of nitrogens with one attached hydrogen (secondary N) is 1. The zero-order chi connectivity index (χ0) is 9.61. The zero-order valence-electron chi connectivity index (χ0n) is 7.72. The van der Waals surface area contributed by atoms with Gasteiger partial charge in [-0.25, -0.2) is 4.79 Å². The standard InChI is InChI=1S/C7H16N2O3/c1-7(2,3)12-6(10)9-5-11-4-8/h4-5,8H2,1-3H3,(H,9,10). The Morgan fingerprint density at radius 1 is 1.50 bits per heavy atom. The van der Waals surface area contributed by atoms with Crippen LogP contribution in [-0.4, -0.2) is 25.2 Å². The van der Waals surface area contributed by atoms with E-state index in [-0.39, 0.29) is 13.5 Å². The average molecular weight is 176 g/mol. The molecule has 3 N–H and O–H groups in total. The first-order chi connectivity index (χ1) is 5.45. The number of hydrogen-bond acceptors (Lipinski definition) is 4. The second kappa shape index (κ2) is 4.95. The van der Waals surface area contributed by atoms with Crippen molar-refractivity contribution in [1.29, 1.82) is 0 Å². The minimum atomic E-state index is -0.504. The third-order valence-corrected chi connectivity index (χ3v) is 0.835. The molecule has 0 spiro atoms. The molecule has 0 rings (SSSR count). The van der Waals surface area contributed by atoms with Gasteiger partial charge in [0.05, 0.1) is 6.73 Å². The zero-order valence-corrected chi connectivity index (χ0v) is 7.72. The lowest BCUT2D eigenvalue weighted by Crippen LogP contribution is -2.34. The number of ether oxygens (including phenoxy) is 2. The smallest absolute Gasteiger partial charge is 0.409 e. The van der Waals surface area contributed by atoms with E-state index < -0.39 is 11.7 Å². The highest BCUT2D eigenvalue weighted by atomic mass is 16.6. The van der Waals surface area contributed by atoms with E-state index in [0.717, 1.165) is 0 Å². The van der Waals surface area contributed by atoms with Crippen LogP contribution in [-0.2, 0) is 9.47 Å². The summed E-state index contributed by atoms with van der Waals surface area (Å²) < 4.78 is 9.60. The summed E-state index contributed by atoms with van der Waals surface area (Å²) in [6.45, 7) is 5.52. The maximum atomic E-state index is 10.9. The van der Waals surface area contributed by atoms with Crippen LogP contribution in [0.15, 0.2) is 0 Å². The van der Waals surface area contributed by atoms with Crippen LogP contribution in [0.25, 0.3) is 0 Å². The summed E-state index contributed by atoms with van der Waals surface area (Å²) in [4.78, 5) is 10.9. The van der Waals surface area contributed by atoms with Crippen LogP contribution in [0.1, 0.15) is 20.8 Å². The lowest BCUT2D eigenvalue weighted by molar-refractivity contribution is 0.0400. The van der Waals surface area contributed by atoms with E-state index in [0.29, 0.717) is 0 Å². The number of amides is 1. The number of alkyl carbamates (subject to hydrolysis) is 1. The molecule has 5 heteroatoms. The van der Waals surface area contributed by atoms with Crippen molar-refractivity contribution in [3.8, 4) is 0 Å². The second-order valence-electron chi connectivity index (χ2n) is 3.19. The monoisotopic (exact) mass is 176 g/mol. The third-order valence-electron chi connectivity index (χ3n) is 0.835. The predicted octanol–water partition coefficient (Wildman–Crippen LogP) is 0.401. The molecule has 0 aliphatic heterocycles. The molecule has 0 aliphatic rings. The predicted molar refractivity (Wildman–Crippen MR) is 44.4 cm³/mol. The maximum Gasteiger partial charge on any atom is 0.409 e. The minimum absolute atomic E-state index is 0.0748. The highest BCUT2D eigenvalue weighted by molar-refractivity contribution is 5.67. The summed E-state index contributed by atoms with van der Waals surface area (Å²) in [5, 5.41) is 2.38. The molecular formula is C7H16N2O3. The normalized spacial score (nSPS) is 11.0. The van der Waals surface area contributed by atoms with Gasteiger partial charge >= 0.3 is 6.09 Å². The van der Waals surface area contributed by atoms with Crippen molar-refractivity contribution in [2.75, 3.05) is 13.5 Å². The molecule has 0 heterocycles. The van der Waals surface area contributed by atoms with Gasteiger partial charge in [0.25, 0.3) is 0 Å². The van der Waals surface area contributed by atoms with Crippen LogP contribution < -0.4 is 11.1 Å². The molecule has 0 radical (unpaired) electrons. The Labute approximate surface area is 72.2 Å². The third kappa shape index (κ3) is 7.30. The van der Waals surface area contributed by atoms with Crippen molar-refractivity contribution in [2.24, 2.45) is 5.73 Å². The molecule has 0 aromatic rings. The van der Waals surface area contributed by atoms with E-state index in [2.05, 4.69) is 10.1 Å². The fourth-order valence-electron chi connectivity index (χ4n) is 0.483. The summed E-state index contributed by atoms with van der Waals surface area (Å²) in [7, 11) is 0. The van der Waals surface area contributed by atoms with Gasteiger partial charge < -0.3 is 15.2 Å². The Hall–Kier alpha value is -0.810. The molecule has 0 fully saturated rings. The van der Waals surface area contributed by atoms with E-state index in [1.165, 1.54) is 0 Å². The molecule has 0 bridgehead atoms. The van der Waals surface area contributed by atoms with Gasteiger partial charge in [-0.15, -0.1) is 0 Å². The van der Waals surface area contributed by atoms with Crippen LogP contribution in [0.3, 0.4) is 0 Å². The summed E-state index contributed by atoms with van der Waals surface area (Å²) in [6.07, 6.45) is -0.504. The molecule has 0 aromatic carbocycles. The Morgan fingerprint density at radius 2 is 2.08 bits per heavy atom. The van der Waals surface area contributed by atoms with E-state index in [4.69, 9.17) is 10.5 Å². The average Bonchev–Trinajstić information content (AvgIpc) is 1.84. The molecule has 72 valence electrons. The first kappa shape index (κ1) is 11.2. The van der Waals surface area contributed by atoms with E-state index in [1.54, 1.807) is 20.8 Å². The van der Waals surface area contributed by atoms with Gasteiger partial charge in [0, 0.05) is 0 Å². The Bertz CT molecular complexity index is 142. The fourth-order valence-corrected chi connectivity index (χ4v) is 0.483. The highest BCUT2D eigenvalue weighted by Crippen LogP contribution is 2.05. The van der Waals surface area contributed by atoms with Crippen molar-refractivity contribution in [3.63, 3.8) is 0 Å². The lowest BCUT2D eigenvalue weighted by Gasteiger charge is -2.19. The molecule has 0 saturated carbocycles. The highest BCUT2D eigenvalue weighted by Gasteiger charge is 2.15. The Morgan fingerprint density at radius 3 is 2.50 bits per heavy atom. The first-order valence-corrected chi connectivity index (χ1v) is 3.70. The van der Waals surface area contributed by atoms with Crippen LogP contribution >= 0.6 is 0 Å². The van der Waals surface area contributed by atoms with E-state index in [9.17, 15) is 4.79 Å². The van der Waals surface area contributed by atoms with Crippen LogP contribution in [0.2, 0.25) is 0 Å². The topological polar surface area (TPSA) is 73.6 Å². The molecule has 0 aromatic heterocycles. The summed E-state index contributed by atoms with van der Waals surface area (Å²) in [6, 6.07) is 0. The van der Waals surface area contributed by atoms with E-state index in [1.807, 2.05) is 0 Å². The molecule has 0 unspecified atom stereocenters. The first-order valence-electron chi connectivity index (χ1n) is 3.70. The molecule has 5 nitrogen and oxygen atoms in total. The largest absolute Gasteiger partial charge is 0.444 e.